The van der Waals surface area contributed by atoms with E-state index in [0.29, 0.717) is 11.5 Å². The molecule has 15 heavy (non-hydrogen) atoms. The van der Waals surface area contributed by atoms with E-state index in [-0.39, 0.29) is 11.5 Å². The minimum absolute atomic E-state index is 0.0596. The van der Waals surface area contributed by atoms with E-state index < -0.39 is 17.7 Å². The van der Waals surface area contributed by atoms with E-state index >= 15 is 0 Å². The van der Waals surface area contributed by atoms with E-state index in [0.717, 1.165) is 6.42 Å². The van der Waals surface area contributed by atoms with Crippen molar-refractivity contribution < 1.29 is 8.78 Å². The van der Waals surface area contributed by atoms with Crippen molar-refractivity contribution in [3.63, 3.8) is 0 Å². The third-order valence-corrected chi connectivity index (χ3v) is 3.29. The van der Waals surface area contributed by atoms with Crippen molar-refractivity contribution in [3.05, 3.63) is 34.9 Å². The zero-order valence-electron chi connectivity index (χ0n) is 8.93. The summed E-state index contributed by atoms with van der Waals surface area (Å²) < 4.78 is 27.2. The van der Waals surface area contributed by atoms with Crippen molar-refractivity contribution in [3.8, 4) is 0 Å². The molecule has 2 N–H and O–H groups in total. The van der Waals surface area contributed by atoms with Crippen LogP contribution in [0.15, 0.2) is 12.1 Å². The van der Waals surface area contributed by atoms with E-state index in [1.807, 2.05) is 0 Å². The minimum Gasteiger partial charge on any atom is -0.324 e. The molecule has 1 aromatic carbocycles. The van der Waals surface area contributed by atoms with Gasteiger partial charge < -0.3 is 5.73 Å². The van der Waals surface area contributed by atoms with Gasteiger partial charge in [0.1, 0.15) is 11.6 Å². The molecular weight excluding hydrogens is 196 g/mol. The number of halogens is 2. The van der Waals surface area contributed by atoms with Gasteiger partial charge in [-0.1, -0.05) is 13.0 Å². The Morgan fingerprint density at radius 3 is 2.53 bits per heavy atom. The minimum atomic E-state index is -0.523. The largest absolute Gasteiger partial charge is 0.324 e. The predicted molar refractivity (Wildman–Crippen MR) is 55.3 cm³/mol. The lowest BCUT2D eigenvalue weighted by Gasteiger charge is -2.14. The number of hydrogen-bond acceptors (Lipinski definition) is 1. The second kappa shape index (κ2) is 3.56. The lowest BCUT2D eigenvalue weighted by molar-refractivity contribution is 0.489. The van der Waals surface area contributed by atoms with Crippen LogP contribution in [-0.2, 0) is 0 Å². The zero-order chi connectivity index (χ0) is 11.2. The predicted octanol–water partition coefficient (Wildman–Crippen LogP) is 2.93. The Bertz CT molecular complexity index is 389. The van der Waals surface area contributed by atoms with Crippen LogP contribution in [-0.4, -0.2) is 0 Å². The van der Waals surface area contributed by atoms with Crippen molar-refractivity contribution in [2.75, 3.05) is 0 Å². The first kappa shape index (κ1) is 10.6. The fourth-order valence-electron chi connectivity index (χ4n) is 2.05. The molecule has 1 aliphatic rings. The summed E-state index contributed by atoms with van der Waals surface area (Å²) in [6, 6.07) is 2.23. The first-order valence-electron chi connectivity index (χ1n) is 5.22. The molecule has 0 bridgehead atoms. The Labute approximate surface area is 88.3 Å². The monoisotopic (exact) mass is 211 g/mol. The zero-order valence-corrected chi connectivity index (χ0v) is 8.93. The second-order valence-corrected chi connectivity index (χ2v) is 4.49. The molecule has 0 saturated heterocycles. The van der Waals surface area contributed by atoms with E-state index in [1.165, 1.54) is 12.1 Å². The molecule has 3 atom stereocenters. The smallest absolute Gasteiger partial charge is 0.133 e. The topological polar surface area (TPSA) is 26.0 Å². The van der Waals surface area contributed by atoms with Gasteiger partial charge in [-0.2, -0.15) is 0 Å². The summed E-state index contributed by atoms with van der Waals surface area (Å²) >= 11 is 0. The quantitative estimate of drug-likeness (QED) is 0.799. The average molecular weight is 211 g/mol. The summed E-state index contributed by atoms with van der Waals surface area (Å²) in [5.41, 5.74) is 6.39. The standard InChI is InChI=1S/C12H15F2N/c1-6-3-4-9(13)10(11(6)14)12(15)8-5-7(8)2/h3-4,7-8,12H,5,15H2,1-2H3. The maximum absolute atomic E-state index is 13.7. The molecule has 3 heteroatoms. The van der Waals surface area contributed by atoms with Crippen molar-refractivity contribution in [1.29, 1.82) is 0 Å². The first-order chi connectivity index (χ1) is 7.02. The average Bonchev–Trinajstić information content (AvgIpc) is 2.90. The Morgan fingerprint density at radius 1 is 1.40 bits per heavy atom. The number of rotatable bonds is 2. The highest BCUT2D eigenvalue weighted by atomic mass is 19.1. The Morgan fingerprint density at radius 2 is 2.00 bits per heavy atom. The summed E-state index contributed by atoms with van der Waals surface area (Å²) in [5, 5.41) is 0. The molecule has 1 fully saturated rings. The first-order valence-corrected chi connectivity index (χ1v) is 5.22. The molecule has 2 rings (SSSR count). The molecule has 0 amide bonds. The molecule has 3 unspecified atom stereocenters. The molecule has 0 heterocycles. The lowest BCUT2D eigenvalue weighted by Crippen LogP contribution is -2.17. The van der Waals surface area contributed by atoms with Gasteiger partial charge in [0, 0.05) is 11.6 Å². The number of benzene rings is 1. The molecule has 1 aliphatic carbocycles. The summed E-state index contributed by atoms with van der Waals surface area (Å²) in [7, 11) is 0. The van der Waals surface area contributed by atoms with Gasteiger partial charge in [-0.3, -0.25) is 0 Å². The fraction of sp³-hybridized carbons (Fsp3) is 0.500. The van der Waals surface area contributed by atoms with Gasteiger partial charge in [-0.05, 0) is 36.8 Å². The van der Waals surface area contributed by atoms with Crippen LogP contribution in [0.25, 0.3) is 0 Å². The van der Waals surface area contributed by atoms with E-state index in [2.05, 4.69) is 6.92 Å². The normalized spacial score (nSPS) is 26.5. The van der Waals surface area contributed by atoms with Crippen LogP contribution in [0.4, 0.5) is 8.78 Å². The van der Waals surface area contributed by atoms with Crippen molar-refractivity contribution in [2.45, 2.75) is 26.3 Å². The summed E-state index contributed by atoms with van der Waals surface area (Å²) in [4.78, 5) is 0. The van der Waals surface area contributed by atoms with Crippen molar-refractivity contribution >= 4 is 0 Å². The van der Waals surface area contributed by atoms with Crippen molar-refractivity contribution in [2.24, 2.45) is 17.6 Å². The number of nitrogens with two attached hydrogens (primary N) is 1. The van der Waals surface area contributed by atoms with Crippen LogP contribution in [0.1, 0.15) is 30.5 Å². The van der Waals surface area contributed by atoms with Crippen LogP contribution in [0.3, 0.4) is 0 Å². The SMILES string of the molecule is Cc1ccc(F)c(C(N)C2CC2C)c1F. The molecule has 1 aromatic rings. The van der Waals surface area contributed by atoms with Crippen LogP contribution < -0.4 is 5.73 Å². The van der Waals surface area contributed by atoms with Gasteiger partial charge in [0.15, 0.2) is 0 Å². The van der Waals surface area contributed by atoms with E-state index in [4.69, 9.17) is 5.73 Å². The van der Waals surface area contributed by atoms with Crippen LogP contribution in [0, 0.1) is 30.4 Å². The van der Waals surface area contributed by atoms with Gasteiger partial charge >= 0.3 is 0 Å². The lowest BCUT2D eigenvalue weighted by atomic mass is 9.99. The van der Waals surface area contributed by atoms with Gasteiger partial charge in [0.05, 0.1) is 0 Å². The van der Waals surface area contributed by atoms with Gasteiger partial charge in [0.25, 0.3) is 0 Å². The molecule has 1 nitrogen and oxygen atoms in total. The van der Waals surface area contributed by atoms with Gasteiger partial charge in [0.2, 0.25) is 0 Å². The molecule has 82 valence electrons. The third-order valence-electron chi connectivity index (χ3n) is 3.29. The number of aryl methyl sites for hydroxylation is 1. The maximum atomic E-state index is 13.7. The highest BCUT2D eigenvalue weighted by Gasteiger charge is 2.40. The molecule has 0 spiro atoms. The van der Waals surface area contributed by atoms with Crippen LogP contribution in [0.2, 0.25) is 0 Å². The molecule has 0 aromatic heterocycles. The summed E-state index contributed by atoms with van der Waals surface area (Å²) in [6.45, 7) is 3.68. The van der Waals surface area contributed by atoms with Crippen LogP contribution >= 0.6 is 0 Å². The van der Waals surface area contributed by atoms with Gasteiger partial charge in [-0.15, -0.1) is 0 Å². The Hall–Kier alpha value is -0.960. The maximum Gasteiger partial charge on any atom is 0.133 e. The number of hydrogen-bond donors (Lipinski definition) is 1. The fourth-order valence-corrected chi connectivity index (χ4v) is 2.05. The molecular formula is C12H15F2N. The molecule has 0 aliphatic heterocycles. The highest BCUT2D eigenvalue weighted by Crippen LogP contribution is 2.46. The highest BCUT2D eigenvalue weighted by molar-refractivity contribution is 5.30. The van der Waals surface area contributed by atoms with E-state index in [9.17, 15) is 8.78 Å². The second-order valence-electron chi connectivity index (χ2n) is 4.49. The molecule has 0 radical (unpaired) electrons. The Balaban J connectivity index is 2.38. The van der Waals surface area contributed by atoms with E-state index in [1.54, 1.807) is 6.92 Å². The van der Waals surface area contributed by atoms with Crippen molar-refractivity contribution in [1.82, 2.24) is 0 Å². The summed E-state index contributed by atoms with van der Waals surface area (Å²) in [6.07, 6.45) is 0.966. The summed E-state index contributed by atoms with van der Waals surface area (Å²) in [5.74, 6) is -0.290. The Kier molecular flexibility index (Phi) is 2.51. The third kappa shape index (κ3) is 1.76. The van der Waals surface area contributed by atoms with Crippen LogP contribution in [0.5, 0.6) is 0 Å². The van der Waals surface area contributed by atoms with Gasteiger partial charge in [-0.25, -0.2) is 8.78 Å². The molecule has 1 saturated carbocycles.